The summed E-state index contributed by atoms with van der Waals surface area (Å²) >= 11 is 0. The van der Waals surface area contributed by atoms with Crippen molar-refractivity contribution in [1.29, 1.82) is 0 Å². The maximum absolute atomic E-state index is 13.4. The molecule has 0 aliphatic heterocycles. The van der Waals surface area contributed by atoms with E-state index in [1.807, 2.05) is 115 Å². The molecule has 0 atom stereocenters. The number of fused-ring (bicyclic) bond motifs is 6. The Balaban J connectivity index is 0.000000131. The zero-order valence-corrected chi connectivity index (χ0v) is 69.6. The summed E-state index contributed by atoms with van der Waals surface area (Å²) in [4.78, 5) is 93.5. The zero-order valence-electron chi connectivity index (χ0n) is 69.6. The zero-order chi connectivity index (χ0) is 89.2. The van der Waals surface area contributed by atoms with Crippen LogP contribution in [0.2, 0.25) is 0 Å². The minimum atomic E-state index is -0.259. The van der Waals surface area contributed by atoms with E-state index < -0.39 is 0 Å². The summed E-state index contributed by atoms with van der Waals surface area (Å²) in [7, 11) is 7.74. The molecule has 18 aromatic rings. The highest BCUT2D eigenvalue weighted by atomic mass is 16.5. The van der Waals surface area contributed by atoms with Crippen molar-refractivity contribution < 1.29 is 28.8 Å². The number of terminal acetylenes is 4. The van der Waals surface area contributed by atoms with Crippen LogP contribution in [0.1, 0.15) is 73.5 Å². The van der Waals surface area contributed by atoms with Crippen LogP contribution in [-0.4, -0.2) is 104 Å². The Morgan fingerprint density at radius 2 is 0.695 bits per heavy atom. The van der Waals surface area contributed by atoms with Crippen molar-refractivity contribution in [2.75, 3.05) is 35.5 Å². The van der Waals surface area contributed by atoms with Gasteiger partial charge in [0.2, 0.25) is 5.75 Å². The molecule has 0 amide bonds. The van der Waals surface area contributed by atoms with Gasteiger partial charge in [-0.15, -0.1) is 25.7 Å². The van der Waals surface area contributed by atoms with Crippen molar-refractivity contribution in [1.82, 2.24) is 63.1 Å². The largest absolute Gasteiger partial charge is 0.497 e. The summed E-state index contributed by atoms with van der Waals surface area (Å²) in [6.07, 6.45) is 42.7. The fraction of sp³-hybridized carbons (Fsp3) is 0.0571. The molecule has 23 nitrogen and oxygen atoms in total. The van der Waals surface area contributed by atoms with Crippen LogP contribution in [0.4, 0.5) is 0 Å². The van der Waals surface area contributed by atoms with E-state index in [-0.39, 0.29) is 28.8 Å². The molecule has 0 aliphatic carbocycles. The van der Waals surface area contributed by atoms with Gasteiger partial charge in [0, 0.05) is 64.1 Å². The van der Waals surface area contributed by atoms with E-state index >= 15 is 0 Å². The molecular weight excluding hydrogens is 1600 g/mol. The second-order valence-electron chi connectivity index (χ2n) is 28.1. The minimum absolute atomic E-state index is 0.176. The molecule has 18 rings (SSSR count). The molecule has 9 aromatic heterocycles. The van der Waals surface area contributed by atoms with Crippen LogP contribution in [0, 0.1) is 49.4 Å². The summed E-state index contributed by atoms with van der Waals surface area (Å²) in [6, 6.07) is 75.8. The van der Waals surface area contributed by atoms with Gasteiger partial charge in [0.15, 0.2) is 34.1 Å². The van der Waals surface area contributed by atoms with Crippen molar-refractivity contribution in [3.05, 3.63) is 388 Å². The Bertz CT molecular complexity index is 7580. The monoisotopic (exact) mass is 1680 g/mol. The van der Waals surface area contributed by atoms with E-state index in [0.29, 0.717) is 136 Å². The van der Waals surface area contributed by atoms with Crippen molar-refractivity contribution in [3.63, 3.8) is 0 Å². The van der Waals surface area contributed by atoms with Crippen molar-refractivity contribution >= 4 is 114 Å². The van der Waals surface area contributed by atoms with Crippen LogP contribution < -0.4 is 45.9 Å². The Morgan fingerprint density at radius 1 is 0.328 bits per heavy atom. The number of nitrogens with zero attached hydrogens (tertiary/aromatic N) is 13. The van der Waals surface area contributed by atoms with Crippen LogP contribution >= 0.6 is 0 Å². The van der Waals surface area contributed by atoms with Gasteiger partial charge in [0.05, 0.1) is 97.7 Å². The lowest BCUT2D eigenvalue weighted by Gasteiger charge is -2.13. The number of hydrogen-bond donors (Lipinski definition) is 1. The molecule has 23 heteroatoms. The SMILES string of the molecule is C#Cc1ccc(-n2c(/C=C/c3c(CO)cc(OC)cc3OC)nc3ncccc3c2=O)cc1.C#Cc1ccc(-n2c(/C=C/c3cc(OC)c(OC)c(OC)c3)nc3ncccc3c2=O)cc1.C#Cc1ccc(-n2c(/C=C/c3ccc4ccccc4c3)nc3ncccc3c2=O)cc1.C#Cc1ccc(-n2c(/C=C/c3ccc4ccccc4n3)nc3ncccc3c2=O)cc1. The van der Waals surface area contributed by atoms with Crippen molar-refractivity contribution in [2.45, 2.75) is 6.61 Å². The molecule has 9 aromatic carbocycles. The first-order valence-corrected chi connectivity index (χ1v) is 39.7. The first-order chi connectivity index (χ1) is 62.6. The van der Waals surface area contributed by atoms with Gasteiger partial charge >= 0.3 is 0 Å². The molecule has 9 heterocycles. The fourth-order valence-corrected chi connectivity index (χ4v) is 14.0. The maximum Gasteiger partial charge on any atom is 0.267 e. The normalized spacial score (nSPS) is 11.0. The number of aromatic nitrogens is 13. The molecular formula is C105H75N13O10. The van der Waals surface area contributed by atoms with E-state index in [1.165, 1.54) is 21.6 Å². The summed E-state index contributed by atoms with van der Waals surface area (Å²) in [5.74, 6) is 14.7. The van der Waals surface area contributed by atoms with E-state index in [0.717, 1.165) is 49.8 Å². The number of pyridine rings is 5. The second-order valence-corrected chi connectivity index (χ2v) is 28.1. The van der Waals surface area contributed by atoms with Gasteiger partial charge in [-0.2, -0.15) is 0 Å². The fourth-order valence-electron chi connectivity index (χ4n) is 14.0. The lowest BCUT2D eigenvalue weighted by molar-refractivity contribution is 0.279. The van der Waals surface area contributed by atoms with Crippen LogP contribution in [-0.2, 0) is 6.61 Å². The average Bonchev–Trinajstić information content (AvgIpc) is 0.782. The summed E-state index contributed by atoms with van der Waals surface area (Å²) in [6.45, 7) is -0.222. The number of aliphatic hydroxyl groups excluding tert-OH is 1. The van der Waals surface area contributed by atoms with E-state index in [1.54, 1.807) is 220 Å². The topological polar surface area (TPSA) is 270 Å². The van der Waals surface area contributed by atoms with Gasteiger partial charge in [-0.1, -0.05) is 96.5 Å². The van der Waals surface area contributed by atoms with Gasteiger partial charge in [-0.05, 0) is 246 Å². The second kappa shape index (κ2) is 39.2. The Hall–Kier alpha value is -18.0. The lowest BCUT2D eigenvalue weighted by atomic mass is 10.1. The van der Waals surface area contributed by atoms with Gasteiger partial charge in [0.1, 0.15) is 34.8 Å². The van der Waals surface area contributed by atoms with E-state index in [9.17, 15) is 24.3 Å². The lowest BCUT2D eigenvalue weighted by Crippen LogP contribution is -2.22. The van der Waals surface area contributed by atoms with Crippen LogP contribution in [0.5, 0.6) is 28.7 Å². The smallest absolute Gasteiger partial charge is 0.267 e. The predicted octanol–water partition coefficient (Wildman–Crippen LogP) is 17.0. The number of rotatable bonds is 18. The minimum Gasteiger partial charge on any atom is -0.497 e. The number of benzene rings is 9. The molecule has 128 heavy (non-hydrogen) atoms. The molecule has 1 N–H and O–H groups in total. The number of para-hydroxylation sites is 1. The van der Waals surface area contributed by atoms with Gasteiger partial charge < -0.3 is 28.8 Å². The summed E-state index contributed by atoms with van der Waals surface area (Å²) in [5.41, 5.74) is 10.9. The van der Waals surface area contributed by atoms with E-state index in [4.69, 9.17) is 49.4 Å². The number of ether oxygens (including phenoxy) is 5. The van der Waals surface area contributed by atoms with Gasteiger partial charge in [0.25, 0.3) is 22.2 Å². The molecule has 0 aliphatic rings. The third kappa shape index (κ3) is 18.6. The third-order valence-corrected chi connectivity index (χ3v) is 20.4. The number of hydrogen-bond acceptors (Lipinski definition) is 19. The predicted molar refractivity (Wildman–Crippen MR) is 505 cm³/mol. The quantitative estimate of drug-likeness (QED) is 0.0782. The molecule has 0 radical (unpaired) electrons. The molecule has 0 spiro atoms. The standard InChI is InChI=1S/C27H17N3O.C26H16N4O.2C26H21N3O4/c1-2-19-10-14-23(15-11-19)30-25(29-26-24(27(30)31)8-5-17-28-26)16-12-20-9-13-21-6-3-4-7-22(21)18-20;1-2-18-9-14-21(15-10-18)30-24(29-25-22(26(30)31)7-5-17-27-25)16-13-20-12-11-19-6-3-4-8-23(19)28-20;1-5-17-8-11-19(12-9-17)29-23(28-25-20(26(29)30)7-6-14-27-25)13-10-18-15-21(31-2)24(33-4)22(16-18)32-3;1-4-17-7-9-19(10-8-17)29-24(28-25-22(26(29)31)6-5-13-27-25)12-11-21-18(16-30)14-20(32-2)15-23(21)33-3/h1,3-18H;1,3-17H;1,6-16H,2-4H3;1,5-15,30H,16H2,2-3H3/b16-12+;16-13+;13-10+;12-11+. The summed E-state index contributed by atoms with van der Waals surface area (Å²) < 4.78 is 33.2. The Labute approximate surface area is 733 Å². The van der Waals surface area contributed by atoms with Crippen molar-refractivity contribution in [2.24, 2.45) is 0 Å². The maximum atomic E-state index is 13.4. The Kier molecular flexibility index (Phi) is 26.0. The molecule has 0 fully saturated rings. The number of methoxy groups -OCH3 is 5. The summed E-state index contributed by atoms with van der Waals surface area (Å²) in [5, 5.41) is 15.0. The molecule has 0 unspecified atom stereocenters. The van der Waals surface area contributed by atoms with Crippen molar-refractivity contribution in [3.8, 4) is 101 Å². The highest BCUT2D eigenvalue weighted by Gasteiger charge is 2.20. The van der Waals surface area contributed by atoms with Crippen LogP contribution in [0.3, 0.4) is 0 Å². The molecule has 0 saturated carbocycles. The van der Waals surface area contributed by atoms with Gasteiger partial charge in [-0.25, -0.2) is 44.9 Å². The molecule has 0 bridgehead atoms. The van der Waals surface area contributed by atoms with Gasteiger partial charge in [-0.3, -0.25) is 37.4 Å². The third-order valence-electron chi connectivity index (χ3n) is 20.4. The first kappa shape index (κ1) is 85.0. The Morgan fingerprint density at radius 3 is 1.08 bits per heavy atom. The molecule has 620 valence electrons. The highest BCUT2D eigenvalue weighted by molar-refractivity contribution is 5.88. The molecule has 0 saturated heterocycles. The highest BCUT2D eigenvalue weighted by Crippen LogP contribution is 2.39. The first-order valence-electron chi connectivity index (χ1n) is 39.7. The number of aliphatic hydroxyl groups is 1. The van der Waals surface area contributed by atoms with E-state index in [2.05, 4.69) is 92.8 Å². The van der Waals surface area contributed by atoms with Crippen LogP contribution in [0.15, 0.2) is 293 Å². The average molecular weight is 1680 g/mol. The van der Waals surface area contributed by atoms with Crippen LogP contribution in [0.25, 0.3) is 137 Å².